The van der Waals surface area contributed by atoms with Gasteiger partial charge in [-0.1, -0.05) is 17.7 Å². The Hall–Kier alpha value is -1.54. The molecule has 178 valence electrons. The highest BCUT2D eigenvalue weighted by Gasteiger charge is 2.42. The average molecular weight is 467 g/mol. The molecule has 0 aromatic heterocycles. The smallest absolute Gasteiger partial charge is 0.223 e. The Morgan fingerprint density at radius 3 is 2.59 bits per heavy atom. The third-order valence-corrected chi connectivity index (χ3v) is 7.58. The summed E-state index contributed by atoms with van der Waals surface area (Å²) >= 11 is 6.57. The quantitative estimate of drug-likeness (QED) is 0.664. The molecule has 0 unspecified atom stereocenters. The van der Waals surface area contributed by atoms with Crippen molar-refractivity contribution < 1.29 is 23.7 Å². The van der Waals surface area contributed by atoms with Gasteiger partial charge in [-0.3, -0.25) is 9.69 Å². The van der Waals surface area contributed by atoms with Gasteiger partial charge in [0.05, 0.1) is 30.9 Å². The molecule has 0 bridgehead atoms. The highest BCUT2D eigenvalue weighted by Crippen LogP contribution is 2.41. The van der Waals surface area contributed by atoms with Crippen LogP contribution in [0.5, 0.6) is 11.5 Å². The van der Waals surface area contributed by atoms with Crippen LogP contribution < -0.4 is 14.8 Å². The number of benzene rings is 1. The van der Waals surface area contributed by atoms with Gasteiger partial charge in [0, 0.05) is 45.3 Å². The molecule has 8 heteroatoms. The first kappa shape index (κ1) is 23.6. The molecule has 1 aromatic carbocycles. The molecule has 3 saturated heterocycles. The van der Waals surface area contributed by atoms with Gasteiger partial charge in [0.2, 0.25) is 5.91 Å². The van der Waals surface area contributed by atoms with Crippen molar-refractivity contribution >= 4 is 17.5 Å². The van der Waals surface area contributed by atoms with E-state index in [1.807, 2.05) is 12.1 Å². The Bertz CT molecular complexity index is 791. The fraction of sp³-hybridized carbons (Fsp3) is 0.708. The minimum Gasteiger partial charge on any atom is -0.493 e. The molecule has 3 aliphatic rings. The van der Waals surface area contributed by atoms with E-state index in [-0.39, 0.29) is 23.5 Å². The van der Waals surface area contributed by atoms with E-state index in [0.29, 0.717) is 36.3 Å². The van der Waals surface area contributed by atoms with Crippen molar-refractivity contribution in [1.29, 1.82) is 0 Å². The summed E-state index contributed by atoms with van der Waals surface area (Å²) in [6.45, 7) is 4.69. The highest BCUT2D eigenvalue weighted by molar-refractivity contribution is 6.33. The van der Waals surface area contributed by atoms with E-state index in [9.17, 15) is 4.79 Å². The Morgan fingerprint density at radius 1 is 1.16 bits per heavy atom. The zero-order valence-electron chi connectivity index (χ0n) is 19.2. The second-order valence-electron chi connectivity index (χ2n) is 9.14. The molecule has 1 amide bonds. The minimum atomic E-state index is -0.0496. The number of amides is 1. The molecule has 1 atom stereocenters. The van der Waals surface area contributed by atoms with Crippen molar-refractivity contribution in [3.05, 3.63) is 22.7 Å². The summed E-state index contributed by atoms with van der Waals surface area (Å²) in [7, 11) is 3.22. The van der Waals surface area contributed by atoms with E-state index in [2.05, 4.69) is 10.2 Å². The molecule has 1 spiro atoms. The second-order valence-corrected chi connectivity index (χ2v) is 9.52. The normalized spacial score (nSPS) is 23.9. The lowest BCUT2D eigenvalue weighted by Crippen LogP contribution is -2.45. The predicted molar refractivity (Wildman–Crippen MR) is 122 cm³/mol. The van der Waals surface area contributed by atoms with Crippen LogP contribution in [0, 0.1) is 5.92 Å². The number of ether oxygens (including phenoxy) is 4. The fourth-order valence-electron chi connectivity index (χ4n) is 5.14. The number of carbonyl (C=O) groups is 1. The van der Waals surface area contributed by atoms with Crippen LogP contribution in [-0.2, 0) is 20.8 Å². The number of piperidine rings is 1. The summed E-state index contributed by atoms with van der Waals surface area (Å²) < 4.78 is 22.6. The van der Waals surface area contributed by atoms with E-state index in [0.717, 1.165) is 63.7 Å². The van der Waals surface area contributed by atoms with Crippen LogP contribution in [0.3, 0.4) is 0 Å². The molecule has 3 heterocycles. The number of nitrogens with zero attached hydrogens (tertiary/aromatic N) is 1. The molecule has 32 heavy (non-hydrogen) atoms. The first-order valence-electron chi connectivity index (χ1n) is 11.7. The zero-order chi connectivity index (χ0) is 22.6. The van der Waals surface area contributed by atoms with Gasteiger partial charge in [0.1, 0.15) is 0 Å². The largest absolute Gasteiger partial charge is 0.493 e. The van der Waals surface area contributed by atoms with Gasteiger partial charge < -0.3 is 24.3 Å². The van der Waals surface area contributed by atoms with Crippen molar-refractivity contribution in [2.24, 2.45) is 5.92 Å². The monoisotopic (exact) mass is 466 g/mol. The first-order chi connectivity index (χ1) is 15.5. The number of likely N-dealkylation sites (tertiary alicyclic amines) is 1. The number of methoxy groups -OCH3 is 2. The standard InChI is InChI=1S/C24H35ClN2O5/c1-29-20-4-3-18(21(25)22(20)30-2)16-27-11-9-24(10-12-27)8-5-19(32-24)15-26-23(28)17-6-13-31-14-7-17/h3-4,17,19H,5-16H2,1-2H3,(H,26,28)/t19-/m1/s1. The number of rotatable bonds is 7. The Kier molecular flexibility index (Phi) is 7.82. The minimum absolute atomic E-state index is 0.0496. The van der Waals surface area contributed by atoms with Crippen LogP contribution in [0.2, 0.25) is 5.02 Å². The van der Waals surface area contributed by atoms with Gasteiger partial charge in [-0.2, -0.15) is 0 Å². The summed E-state index contributed by atoms with van der Waals surface area (Å²) in [6, 6.07) is 3.92. The maximum absolute atomic E-state index is 12.4. The van der Waals surface area contributed by atoms with E-state index in [4.69, 9.17) is 30.5 Å². The molecular weight excluding hydrogens is 432 g/mol. The van der Waals surface area contributed by atoms with Crippen molar-refractivity contribution in [1.82, 2.24) is 10.2 Å². The predicted octanol–water partition coefficient (Wildman–Crippen LogP) is 3.41. The van der Waals surface area contributed by atoms with Gasteiger partial charge in [0.15, 0.2) is 11.5 Å². The lowest BCUT2D eigenvalue weighted by molar-refractivity contribution is -0.129. The first-order valence-corrected chi connectivity index (χ1v) is 12.1. The molecule has 0 aliphatic carbocycles. The van der Waals surface area contributed by atoms with Crippen LogP contribution in [0.1, 0.15) is 44.1 Å². The zero-order valence-corrected chi connectivity index (χ0v) is 19.9. The van der Waals surface area contributed by atoms with Crippen molar-refractivity contribution in [2.75, 3.05) is 47.1 Å². The van der Waals surface area contributed by atoms with Gasteiger partial charge in [-0.25, -0.2) is 0 Å². The SMILES string of the molecule is COc1ccc(CN2CCC3(CC[C@H](CNC(=O)C4CCOCC4)O3)CC2)c(Cl)c1OC. The van der Waals surface area contributed by atoms with Crippen molar-refractivity contribution in [3.63, 3.8) is 0 Å². The molecule has 3 aliphatic heterocycles. The van der Waals surface area contributed by atoms with Crippen LogP contribution in [-0.4, -0.2) is 69.6 Å². The Labute approximate surface area is 195 Å². The van der Waals surface area contributed by atoms with E-state index < -0.39 is 0 Å². The molecule has 1 N–H and O–H groups in total. The second kappa shape index (κ2) is 10.6. The number of hydrogen-bond acceptors (Lipinski definition) is 6. The van der Waals surface area contributed by atoms with E-state index in [1.54, 1.807) is 14.2 Å². The summed E-state index contributed by atoms with van der Waals surface area (Å²) in [5.41, 5.74) is 0.993. The molecule has 4 rings (SSSR count). The van der Waals surface area contributed by atoms with Crippen LogP contribution >= 0.6 is 11.6 Å². The number of hydrogen-bond donors (Lipinski definition) is 1. The Balaban J connectivity index is 1.24. The molecule has 3 fully saturated rings. The lowest BCUT2D eigenvalue weighted by atomic mass is 9.88. The third-order valence-electron chi connectivity index (χ3n) is 7.16. The maximum atomic E-state index is 12.4. The van der Waals surface area contributed by atoms with E-state index >= 15 is 0 Å². The van der Waals surface area contributed by atoms with Gasteiger partial charge in [-0.15, -0.1) is 0 Å². The van der Waals surface area contributed by atoms with Crippen LogP contribution in [0.25, 0.3) is 0 Å². The highest BCUT2D eigenvalue weighted by atomic mass is 35.5. The van der Waals surface area contributed by atoms with Crippen LogP contribution in [0.15, 0.2) is 12.1 Å². The number of nitrogens with one attached hydrogen (secondary N) is 1. The maximum Gasteiger partial charge on any atom is 0.223 e. The van der Waals surface area contributed by atoms with Gasteiger partial charge in [0.25, 0.3) is 0 Å². The lowest BCUT2D eigenvalue weighted by Gasteiger charge is -2.39. The fourth-order valence-corrected chi connectivity index (χ4v) is 5.43. The topological polar surface area (TPSA) is 69.3 Å². The van der Waals surface area contributed by atoms with Crippen LogP contribution in [0.4, 0.5) is 0 Å². The van der Waals surface area contributed by atoms with Gasteiger partial charge >= 0.3 is 0 Å². The molecule has 0 radical (unpaired) electrons. The molecule has 0 saturated carbocycles. The summed E-state index contributed by atoms with van der Waals surface area (Å²) in [6.07, 6.45) is 5.84. The number of halogens is 1. The summed E-state index contributed by atoms with van der Waals surface area (Å²) in [5, 5.41) is 3.73. The van der Waals surface area contributed by atoms with Gasteiger partial charge in [-0.05, 0) is 50.2 Å². The molecular formula is C24H35ClN2O5. The third kappa shape index (κ3) is 5.33. The van der Waals surface area contributed by atoms with Crippen molar-refractivity contribution in [2.45, 2.75) is 56.8 Å². The Morgan fingerprint density at radius 2 is 1.91 bits per heavy atom. The van der Waals surface area contributed by atoms with E-state index in [1.165, 1.54) is 0 Å². The summed E-state index contributed by atoms with van der Waals surface area (Å²) in [5.74, 6) is 1.48. The van der Waals surface area contributed by atoms with Crippen molar-refractivity contribution in [3.8, 4) is 11.5 Å². The molecule has 7 nitrogen and oxygen atoms in total. The summed E-state index contributed by atoms with van der Waals surface area (Å²) in [4.78, 5) is 14.8. The number of carbonyl (C=O) groups excluding carboxylic acids is 1. The average Bonchev–Trinajstić information content (AvgIpc) is 3.23. The molecule has 1 aromatic rings.